The Kier molecular flexibility index (Phi) is 4.15. The highest BCUT2D eigenvalue weighted by molar-refractivity contribution is 7.23. The lowest BCUT2D eigenvalue weighted by molar-refractivity contribution is 1.20. The molecule has 2 heterocycles. The van der Waals surface area contributed by atoms with E-state index in [0.717, 1.165) is 42.6 Å². The SMILES string of the molecule is C/C(=N\N)c1sc(-c2nc(C)c(/C(C)=N/N)s2)nc1C. The molecule has 20 heavy (non-hydrogen) atoms. The van der Waals surface area contributed by atoms with Gasteiger partial charge in [0.25, 0.3) is 0 Å². The molecule has 0 fully saturated rings. The van der Waals surface area contributed by atoms with Crippen LogP contribution in [0.3, 0.4) is 0 Å². The largest absolute Gasteiger partial charge is 0.323 e. The van der Waals surface area contributed by atoms with Gasteiger partial charge in [-0.25, -0.2) is 9.97 Å². The first-order valence-electron chi connectivity index (χ1n) is 5.92. The minimum absolute atomic E-state index is 0.777. The molecule has 0 spiro atoms. The second kappa shape index (κ2) is 5.68. The third kappa shape index (κ3) is 2.56. The van der Waals surface area contributed by atoms with Gasteiger partial charge in [0.2, 0.25) is 0 Å². The van der Waals surface area contributed by atoms with E-state index in [1.807, 2.05) is 27.7 Å². The van der Waals surface area contributed by atoms with Gasteiger partial charge in [-0.15, -0.1) is 22.7 Å². The van der Waals surface area contributed by atoms with Gasteiger partial charge >= 0.3 is 0 Å². The van der Waals surface area contributed by atoms with Gasteiger partial charge in [-0.2, -0.15) is 10.2 Å². The molecule has 0 aliphatic heterocycles. The van der Waals surface area contributed by atoms with E-state index in [-0.39, 0.29) is 0 Å². The molecule has 0 bridgehead atoms. The fourth-order valence-corrected chi connectivity index (χ4v) is 3.82. The van der Waals surface area contributed by atoms with Crippen LogP contribution in [0.15, 0.2) is 10.2 Å². The molecule has 0 unspecified atom stereocenters. The lowest BCUT2D eigenvalue weighted by Gasteiger charge is -1.92. The molecule has 8 heteroatoms. The lowest BCUT2D eigenvalue weighted by Crippen LogP contribution is -1.97. The first kappa shape index (κ1) is 14.6. The number of aryl methyl sites for hydroxylation is 2. The number of nitrogens with two attached hydrogens (primary N) is 2. The van der Waals surface area contributed by atoms with Gasteiger partial charge in [-0.1, -0.05) is 0 Å². The molecule has 0 saturated carbocycles. The zero-order valence-electron chi connectivity index (χ0n) is 11.8. The maximum absolute atomic E-state index is 5.33. The van der Waals surface area contributed by atoms with E-state index in [9.17, 15) is 0 Å². The van der Waals surface area contributed by atoms with Gasteiger partial charge in [-0.3, -0.25) is 0 Å². The number of hydrogen-bond acceptors (Lipinski definition) is 8. The highest BCUT2D eigenvalue weighted by atomic mass is 32.1. The summed E-state index contributed by atoms with van der Waals surface area (Å²) >= 11 is 3.08. The van der Waals surface area contributed by atoms with Crippen LogP contribution < -0.4 is 11.7 Å². The van der Waals surface area contributed by atoms with Crippen molar-refractivity contribution < 1.29 is 0 Å². The van der Waals surface area contributed by atoms with Crippen LogP contribution >= 0.6 is 22.7 Å². The fourth-order valence-electron chi connectivity index (χ4n) is 1.76. The van der Waals surface area contributed by atoms with Crippen LogP contribution in [-0.4, -0.2) is 21.4 Å². The van der Waals surface area contributed by atoms with E-state index in [0.29, 0.717) is 0 Å². The number of hydrazone groups is 2. The number of aromatic nitrogens is 2. The van der Waals surface area contributed by atoms with E-state index in [2.05, 4.69) is 20.2 Å². The summed E-state index contributed by atoms with van der Waals surface area (Å²) in [6, 6.07) is 0. The van der Waals surface area contributed by atoms with Crippen molar-refractivity contribution in [1.29, 1.82) is 0 Å². The molecular formula is C12H16N6S2. The van der Waals surface area contributed by atoms with Gasteiger partial charge in [-0.05, 0) is 27.7 Å². The maximum Gasteiger partial charge on any atom is 0.153 e. The molecule has 0 atom stereocenters. The van der Waals surface area contributed by atoms with E-state index in [1.54, 1.807) is 22.7 Å². The summed E-state index contributed by atoms with van der Waals surface area (Å²) in [5.41, 5.74) is 3.38. The van der Waals surface area contributed by atoms with Crippen LogP contribution in [0.2, 0.25) is 0 Å². The lowest BCUT2D eigenvalue weighted by atomic mass is 10.3. The van der Waals surface area contributed by atoms with Crippen LogP contribution in [0, 0.1) is 13.8 Å². The minimum atomic E-state index is 0.777. The number of nitrogens with zero attached hydrogens (tertiary/aromatic N) is 4. The van der Waals surface area contributed by atoms with Gasteiger partial charge in [0.1, 0.15) is 0 Å². The zero-order valence-corrected chi connectivity index (χ0v) is 13.4. The number of hydrogen-bond donors (Lipinski definition) is 2. The summed E-state index contributed by atoms with van der Waals surface area (Å²) in [6.45, 7) is 7.62. The summed E-state index contributed by atoms with van der Waals surface area (Å²) in [5.74, 6) is 10.7. The van der Waals surface area contributed by atoms with E-state index >= 15 is 0 Å². The second-order valence-electron chi connectivity index (χ2n) is 4.30. The zero-order chi connectivity index (χ0) is 14.9. The molecule has 4 N–H and O–H groups in total. The molecule has 0 aliphatic rings. The molecule has 0 saturated heterocycles. The standard InChI is InChI=1S/C12H16N6S2/c1-5-9(7(3)17-13)19-11(15-5)12-16-6(2)10(20-12)8(4)18-14/h13-14H2,1-4H3/b17-7+,18-8+. The average Bonchev–Trinajstić information content (AvgIpc) is 3.00. The summed E-state index contributed by atoms with van der Waals surface area (Å²) in [7, 11) is 0. The molecule has 0 radical (unpaired) electrons. The van der Waals surface area contributed by atoms with Crippen molar-refractivity contribution in [3.8, 4) is 10.0 Å². The molecule has 106 valence electrons. The van der Waals surface area contributed by atoms with Gasteiger partial charge in [0.15, 0.2) is 10.0 Å². The van der Waals surface area contributed by atoms with Crippen LogP contribution in [0.5, 0.6) is 0 Å². The summed E-state index contributed by atoms with van der Waals surface area (Å²) in [5, 5.41) is 9.18. The third-order valence-corrected chi connectivity index (χ3v) is 5.50. The molecule has 0 amide bonds. The van der Waals surface area contributed by atoms with Crippen molar-refractivity contribution >= 4 is 34.1 Å². The predicted octanol–water partition coefficient (Wildman–Crippen LogP) is 2.25. The molecule has 0 aliphatic carbocycles. The third-order valence-electron chi connectivity index (χ3n) is 2.82. The first-order chi connectivity index (χ1) is 9.47. The minimum Gasteiger partial charge on any atom is -0.323 e. The van der Waals surface area contributed by atoms with E-state index in [4.69, 9.17) is 11.7 Å². The van der Waals surface area contributed by atoms with Crippen molar-refractivity contribution in [2.45, 2.75) is 27.7 Å². The Morgan fingerprint density at radius 3 is 1.50 bits per heavy atom. The monoisotopic (exact) mass is 308 g/mol. The summed E-state index contributed by atoms with van der Waals surface area (Å²) < 4.78 is 0. The van der Waals surface area contributed by atoms with Crippen LogP contribution in [-0.2, 0) is 0 Å². The highest BCUT2D eigenvalue weighted by Crippen LogP contribution is 2.33. The molecule has 0 aromatic carbocycles. The van der Waals surface area contributed by atoms with Gasteiger partial charge in [0.05, 0.1) is 32.6 Å². The molecule has 6 nitrogen and oxygen atoms in total. The number of thiazole rings is 2. The van der Waals surface area contributed by atoms with Crippen molar-refractivity contribution in [1.82, 2.24) is 9.97 Å². The Morgan fingerprint density at radius 1 is 0.850 bits per heavy atom. The van der Waals surface area contributed by atoms with Crippen molar-refractivity contribution in [2.24, 2.45) is 21.9 Å². The second-order valence-corrected chi connectivity index (χ2v) is 6.29. The topological polar surface area (TPSA) is 103 Å². The van der Waals surface area contributed by atoms with Crippen LogP contribution in [0.4, 0.5) is 0 Å². The van der Waals surface area contributed by atoms with Crippen molar-refractivity contribution in [2.75, 3.05) is 0 Å². The first-order valence-corrected chi connectivity index (χ1v) is 7.56. The summed E-state index contributed by atoms with van der Waals surface area (Å²) in [6.07, 6.45) is 0. The fraction of sp³-hybridized carbons (Fsp3) is 0.333. The van der Waals surface area contributed by atoms with Crippen molar-refractivity contribution in [3.63, 3.8) is 0 Å². The Labute approximate surface area is 125 Å². The Bertz CT molecular complexity index is 635. The van der Waals surface area contributed by atoms with Crippen LogP contribution in [0.1, 0.15) is 35.0 Å². The molecule has 2 aromatic rings. The van der Waals surface area contributed by atoms with Crippen molar-refractivity contribution in [3.05, 3.63) is 21.1 Å². The highest BCUT2D eigenvalue weighted by Gasteiger charge is 2.17. The maximum atomic E-state index is 5.33. The van der Waals surface area contributed by atoms with E-state index in [1.165, 1.54) is 0 Å². The Balaban J connectivity index is 2.48. The quantitative estimate of drug-likeness (QED) is 0.515. The number of rotatable bonds is 3. The van der Waals surface area contributed by atoms with Gasteiger partial charge < -0.3 is 11.7 Å². The van der Waals surface area contributed by atoms with Crippen LogP contribution in [0.25, 0.3) is 10.0 Å². The van der Waals surface area contributed by atoms with E-state index < -0.39 is 0 Å². The summed E-state index contributed by atoms with van der Waals surface area (Å²) in [4.78, 5) is 11.1. The predicted molar refractivity (Wildman–Crippen MR) is 85.5 cm³/mol. The molecule has 2 rings (SSSR count). The molecule has 2 aromatic heterocycles. The molecular weight excluding hydrogens is 292 g/mol. The smallest absolute Gasteiger partial charge is 0.153 e. The van der Waals surface area contributed by atoms with Gasteiger partial charge in [0, 0.05) is 0 Å². The Morgan fingerprint density at radius 2 is 1.20 bits per heavy atom. The Hall–Kier alpha value is -1.80. The average molecular weight is 308 g/mol. The normalized spacial score (nSPS) is 13.0.